The van der Waals surface area contributed by atoms with Gasteiger partial charge in [-0.05, 0) is 25.1 Å². The fourth-order valence-corrected chi connectivity index (χ4v) is 1.64. The molecular formula is C13H21N3O3. The number of nitrogens with zero attached hydrogens (tertiary/aromatic N) is 1. The van der Waals surface area contributed by atoms with Crippen molar-refractivity contribution in [3.63, 3.8) is 0 Å². The molecule has 0 aliphatic heterocycles. The van der Waals surface area contributed by atoms with E-state index in [2.05, 4.69) is 10.6 Å². The van der Waals surface area contributed by atoms with Gasteiger partial charge in [-0.1, -0.05) is 19.9 Å². The Morgan fingerprint density at radius 1 is 1.32 bits per heavy atom. The lowest BCUT2D eigenvalue weighted by molar-refractivity contribution is -0.385. The highest BCUT2D eigenvalue weighted by molar-refractivity contribution is 5.68. The van der Waals surface area contributed by atoms with E-state index in [0.717, 1.165) is 19.5 Å². The topological polar surface area (TPSA) is 76.4 Å². The predicted molar refractivity (Wildman–Crippen MR) is 75.9 cm³/mol. The number of rotatable bonds is 9. The van der Waals surface area contributed by atoms with Gasteiger partial charge in [0.15, 0.2) is 5.75 Å². The SMILES string of the molecule is CCCOc1cccc(NCCNCC)c1[N+](=O)[O-]. The second-order valence-electron chi connectivity index (χ2n) is 4.04. The first-order chi connectivity index (χ1) is 9.20. The predicted octanol–water partition coefficient (Wildman–Crippen LogP) is 2.41. The molecule has 106 valence electrons. The molecule has 0 amide bonds. The molecule has 0 bridgehead atoms. The van der Waals surface area contributed by atoms with Crippen molar-refractivity contribution in [2.24, 2.45) is 0 Å². The van der Waals surface area contributed by atoms with E-state index in [-0.39, 0.29) is 5.69 Å². The standard InChI is InChI=1S/C13H21N3O3/c1-3-10-19-12-7-5-6-11(13(12)16(17)18)15-9-8-14-4-2/h5-7,14-15H,3-4,8-10H2,1-2H3. The summed E-state index contributed by atoms with van der Waals surface area (Å²) in [5.74, 6) is 0.320. The van der Waals surface area contributed by atoms with Crippen LogP contribution < -0.4 is 15.4 Å². The highest BCUT2D eigenvalue weighted by Gasteiger charge is 2.20. The van der Waals surface area contributed by atoms with Crippen LogP contribution in [0.15, 0.2) is 18.2 Å². The molecule has 0 spiro atoms. The molecule has 0 radical (unpaired) electrons. The summed E-state index contributed by atoms with van der Waals surface area (Å²) in [6.45, 7) is 6.72. The van der Waals surface area contributed by atoms with E-state index >= 15 is 0 Å². The molecule has 0 aliphatic carbocycles. The van der Waals surface area contributed by atoms with Crippen molar-refractivity contribution >= 4 is 11.4 Å². The van der Waals surface area contributed by atoms with Gasteiger partial charge in [0.2, 0.25) is 0 Å². The van der Waals surface area contributed by atoms with Gasteiger partial charge < -0.3 is 15.4 Å². The monoisotopic (exact) mass is 267 g/mol. The van der Waals surface area contributed by atoms with E-state index in [1.54, 1.807) is 18.2 Å². The Morgan fingerprint density at radius 3 is 2.74 bits per heavy atom. The maximum absolute atomic E-state index is 11.2. The molecular weight excluding hydrogens is 246 g/mol. The summed E-state index contributed by atoms with van der Waals surface area (Å²) in [7, 11) is 0. The molecule has 0 unspecified atom stereocenters. The molecule has 1 aromatic rings. The van der Waals surface area contributed by atoms with Crippen LogP contribution in [0, 0.1) is 10.1 Å². The minimum Gasteiger partial charge on any atom is -0.487 e. The first-order valence-corrected chi connectivity index (χ1v) is 6.55. The lowest BCUT2D eigenvalue weighted by atomic mass is 10.2. The Hall–Kier alpha value is -1.82. The van der Waals surface area contributed by atoms with Gasteiger partial charge in [0.1, 0.15) is 5.69 Å². The smallest absolute Gasteiger partial charge is 0.333 e. The molecule has 0 atom stereocenters. The minimum atomic E-state index is -0.402. The van der Waals surface area contributed by atoms with E-state index < -0.39 is 4.92 Å². The van der Waals surface area contributed by atoms with Crippen molar-refractivity contribution in [1.82, 2.24) is 5.32 Å². The molecule has 0 saturated heterocycles. The summed E-state index contributed by atoms with van der Waals surface area (Å²) < 4.78 is 5.42. The molecule has 0 saturated carbocycles. The van der Waals surface area contributed by atoms with Crippen LogP contribution >= 0.6 is 0 Å². The number of nitro groups is 1. The van der Waals surface area contributed by atoms with Gasteiger partial charge in [0.05, 0.1) is 11.5 Å². The fraction of sp³-hybridized carbons (Fsp3) is 0.538. The fourth-order valence-electron chi connectivity index (χ4n) is 1.64. The van der Waals surface area contributed by atoms with Gasteiger partial charge in [-0.25, -0.2) is 0 Å². The van der Waals surface area contributed by atoms with Gasteiger partial charge in [0.25, 0.3) is 0 Å². The summed E-state index contributed by atoms with van der Waals surface area (Å²) in [6, 6.07) is 5.08. The first kappa shape index (κ1) is 15.2. The van der Waals surface area contributed by atoms with Crippen molar-refractivity contribution in [3.05, 3.63) is 28.3 Å². The van der Waals surface area contributed by atoms with Gasteiger partial charge in [-0.3, -0.25) is 10.1 Å². The van der Waals surface area contributed by atoms with Crippen LogP contribution in [0.4, 0.5) is 11.4 Å². The quantitative estimate of drug-likeness (QED) is 0.408. The van der Waals surface area contributed by atoms with Gasteiger partial charge in [-0.15, -0.1) is 0 Å². The van der Waals surface area contributed by atoms with Gasteiger partial charge in [-0.2, -0.15) is 0 Å². The van der Waals surface area contributed by atoms with Gasteiger partial charge in [0, 0.05) is 13.1 Å². The summed E-state index contributed by atoms with van der Waals surface area (Å²) >= 11 is 0. The molecule has 0 aliphatic rings. The van der Waals surface area contributed by atoms with E-state index in [1.807, 2.05) is 13.8 Å². The van der Waals surface area contributed by atoms with Crippen LogP contribution in [-0.2, 0) is 0 Å². The normalized spacial score (nSPS) is 10.2. The van der Waals surface area contributed by atoms with Crippen molar-refractivity contribution < 1.29 is 9.66 Å². The summed E-state index contributed by atoms with van der Waals surface area (Å²) in [4.78, 5) is 10.8. The van der Waals surface area contributed by atoms with Crippen LogP contribution in [0.5, 0.6) is 5.75 Å². The zero-order valence-corrected chi connectivity index (χ0v) is 11.4. The Kier molecular flexibility index (Phi) is 6.67. The molecule has 6 nitrogen and oxygen atoms in total. The van der Waals surface area contributed by atoms with Crippen LogP contribution in [0.1, 0.15) is 20.3 Å². The first-order valence-electron chi connectivity index (χ1n) is 6.55. The third-order valence-electron chi connectivity index (χ3n) is 2.51. The number of anilines is 1. The zero-order valence-electron chi connectivity index (χ0n) is 11.4. The summed E-state index contributed by atoms with van der Waals surface area (Å²) in [6.07, 6.45) is 0.815. The number of nitro benzene ring substituents is 1. The van der Waals surface area contributed by atoms with Crippen LogP contribution in [0.3, 0.4) is 0 Å². The molecule has 2 N–H and O–H groups in total. The average molecular weight is 267 g/mol. The number of ether oxygens (including phenoxy) is 1. The lowest BCUT2D eigenvalue weighted by Crippen LogP contribution is -2.21. The van der Waals surface area contributed by atoms with E-state index in [1.165, 1.54) is 0 Å². The van der Waals surface area contributed by atoms with Crippen molar-refractivity contribution in [2.75, 3.05) is 31.6 Å². The summed E-state index contributed by atoms with van der Waals surface area (Å²) in [5, 5.41) is 17.4. The number of para-hydroxylation sites is 1. The minimum absolute atomic E-state index is 0.00690. The largest absolute Gasteiger partial charge is 0.487 e. The van der Waals surface area contributed by atoms with Crippen molar-refractivity contribution in [1.29, 1.82) is 0 Å². The molecule has 19 heavy (non-hydrogen) atoms. The number of nitrogens with one attached hydrogen (secondary N) is 2. The highest BCUT2D eigenvalue weighted by atomic mass is 16.6. The van der Waals surface area contributed by atoms with E-state index in [0.29, 0.717) is 24.6 Å². The maximum atomic E-state index is 11.2. The Bertz CT molecular complexity index is 410. The highest BCUT2D eigenvalue weighted by Crippen LogP contribution is 2.34. The molecule has 1 aromatic carbocycles. The average Bonchev–Trinajstić information content (AvgIpc) is 2.41. The Morgan fingerprint density at radius 2 is 2.11 bits per heavy atom. The third-order valence-corrected chi connectivity index (χ3v) is 2.51. The third kappa shape index (κ3) is 4.75. The number of likely N-dealkylation sites (N-methyl/N-ethyl adjacent to an activating group) is 1. The van der Waals surface area contributed by atoms with Crippen LogP contribution in [0.25, 0.3) is 0 Å². The molecule has 0 aromatic heterocycles. The zero-order chi connectivity index (χ0) is 14.1. The van der Waals surface area contributed by atoms with E-state index in [9.17, 15) is 10.1 Å². The number of hydrogen-bond acceptors (Lipinski definition) is 5. The maximum Gasteiger partial charge on any atom is 0.333 e. The van der Waals surface area contributed by atoms with Crippen LogP contribution in [0.2, 0.25) is 0 Å². The second kappa shape index (κ2) is 8.31. The van der Waals surface area contributed by atoms with E-state index in [4.69, 9.17) is 4.74 Å². The van der Waals surface area contributed by atoms with Crippen molar-refractivity contribution in [2.45, 2.75) is 20.3 Å². The Labute approximate surface area is 113 Å². The molecule has 0 heterocycles. The number of benzene rings is 1. The molecule has 1 rings (SSSR count). The summed E-state index contributed by atoms with van der Waals surface area (Å²) in [5.41, 5.74) is 0.504. The van der Waals surface area contributed by atoms with Crippen molar-refractivity contribution in [3.8, 4) is 5.75 Å². The molecule has 6 heteroatoms. The lowest BCUT2D eigenvalue weighted by Gasteiger charge is -2.11. The van der Waals surface area contributed by atoms with Gasteiger partial charge >= 0.3 is 5.69 Å². The molecule has 0 fully saturated rings. The Balaban J connectivity index is 2.80. The number of hydrogen-bond donors (Lipinski definition) is 2. The second-order valence-corrected chi connectivity index (χ2v) is 4.04. The van der Waals surface area contributed by atoms with Crippen LogP contribution in [-0.4, -0.2) is 31.2 Å².